The summed E-state index contributed by atoms with van der Waals surface area (Å²) in [6.07, 6.45) is 9.39. The van der Waals surface area contributed by atoms with Gasteiger partial charge in [0.2, 0.25) is 5.78 Å². The number of carbonyl (C=O) groups excluding carboxylic acids is 2. The van der Waals surface area contributed by atoms with Gasteiger partial charge in [-0.05, 0) is 64.1 Å². The van der Waals surface area contributed by atoms with Crippen LogP contribution in [0.25, 0.3) is 0 Å². The fourth-order valence-corrected chi connectivity index (χ4v) is 5.95. The van der Waals surface area contributed by atoms with Gasteiger partial charge in [-0.15, -0.1) is 0 Å². The summed E-state index contributed by atoms with van der Waals surface area (Å²) in [4.78, 5) is 26.7. The normalized spacial score (nSPS) is 32.8. The highest BCUT2D eigenvalue weighted by Gasteiger charge is 2.50. The highest BCUT2D eigenvalue weighted by Crippen LogP contribution is 2.47. The monoisotopic (exact) mass is 412 g/mol. The molecule has 0 aromatic heterocycles. The van der Waals surface area contributed by atoms with Gasteiger partial charge in [0.15, 0.2) is 0 Å². The van der Waals surface area contributed by atoms with Crippen LogP contribution in [-0.4, -0.2) is 42.3 Å². The number of hydrogen-bond acceptors (Lipinski definition) is 5. The molecule has 1 aliphatic heterocycles. The predicted molar refractivity (Wildman–Crippen MR) is 117 cm³/mol. The largest absolute Gasteiger partial charge is 0.363 e. The number of carbonyl (C=O) groups is 2. The molecule has 1 amide bonds. The number of nitrogens with two attached hydrogens (primary N) is 1. The van der Waals surface area contributed by atoms with Gasteiger partial charge < -0.3 is 5.73 Å². The van der Waals surface area contributed by atoms with Crippen molar-refractivity contribution in [2.24, 2.45) is 17.6 Å². The van der Waals surface area contributed by atoms with Crippen LogP contribution >= 0.6 is 0 Å². The van der Waals surface area contributed by atoms with Crippen molar-refractivity contribution in [3.63, 3.8) is 0 Å². The number of ketones is 1. The molecule has 3 aliphatic rings. The van der Waals surface area contributed by atoms with E-state index in [-0.39, 0.29) is 23.0 Å². The van der Waals surface area contributed by atoms with E-state index in [4.69, 9.17) is 5.73 Å². The Kier molecular flexibility index (Phi) is 6.02. The Balaban J connectivity index is 1.47. The predicted octanol–water partition coefficient (Wildman–Crippen LogP) is 2.48. The molecule has 164 valence electrons. The minimum atomic E-state index is -0.790. The third-order valence-corrected chi connectivity index (χ3v) is 8.21. The molecule has 2 aliphatic carbocycles. The minimum Gasteiger partial charge on any atom is -0.363 e. The van der Waals surface area contributed by atoms with Crippen molar-refractivity contribution >= 4 is 11.7 Å². The van der Waals surface area contributed by atoms with Gasteiger partial charge in [0.25, 0.3) is 5.91 Å². The summed E-state index contributed by atoms with van der Waals surface area (Å²) in [6, 6.07) is 10.8. The van der Waals surface area contributed by atoms with Crippen LogP contribution in [0.15, 0.2) is 30.3 Å². The lowest BCUT2D eigenvalue weighted by atomic mass is 9.66. The molecule has 4 N–H and O–H groups in total. The lowest BCUT2D eigenvalue weighted by Crippen LogP contribution is -2.53. The molecular formula is C24H36N4O2. The van der Waals surface area contributed by atoms with Crippen molar-refractivity contribution in [3.05, 3.63) is 35.9 Å². The SMILES string of the molecule is CN(C)C1(c2ccccc2)CCC2(CC1)C[C@@H](C(CC1CCC1)C(=O)C(N)=O)NN2. The highest BCUT2D eigenvalue weighted by molar-refractivity contribution is 6.36. The zero-order chi connectivity index (χ0) is 21.4. The van der Waals surface area contributed by atoms with E-state index in [1.54, 1.807) is 0 Å². The van der Waals surface area contributed by atoms with Gasteiger partial charge in [0.05, 0.1) is 0 Å². The fraction of sp³-hybridized carbons (Fsp3) is 0.667. The van der Waals surface area contributed by atoms with Gasteiger partial charge in [0.1, 0.15) is 0 Å². The van der Waals surface area contributed by atoms with Crippen LogP contribution in [0, 0.1) is 11.8 Å². The zero-order valence-corrected chi connectivity index (χ0v) is 18.3. The Morgan fingerprint density at radius 3 is 2.33 bits per heavy atom. The topological polar surface area (TPSA) is 87.5 Å². The second-order valence-corrected chi connectivity index (χ2v) is 10.0. The molecule has 4 rings (SSSR count). The molecule has 0 bridgehead atoms. The number of benzene rings is 1. The van der Waals surface area contributed by atoms with Crippen LogP contribution in [0.2, 0.25) is 0 Å². The highest BCUT2D eigenvalue weighted by atomic mass is 16.2. The number of hydrazine groups is 1. The number of nitrogens with zero attached hydrogens (tertiary/aromatic N) is 1. The number of hydrogen-bond donors (Lipinski definition) is 3. The fourth-order valence-electron chi connectivity index (χ4n) is 5.95. The summed E-state index contributed by atoms with van der Waals surface area (Å²) in [5.74, 6) is -0.945. The Morgan fingerprint density at radius 2 is 1.80 bits per heavy atom. The summed E-state index contributed by atoms with van der Waals surface area (Å²) >= 11 is 0. The number of rotatable bonds is 7. The number of amides is 1. The summed E-state index contributed by atoms with van der Waals surface area (Å²) in [5, 5.41) is 0. The van der Waals surface area contributed by atoms with Crippen molar-refractivity contribution in [1.29, 1.82) is 0 Å². The van der Waals surface area contributed by atoms with Crippen LogP contribution in [0.5, 0.6) is 0 Å². The maximum Gasteiger partial charge on any atom is 0.285 e. The Hall–Kier alpha value is -1.76. The average molecular weight is 413 g/mol. The lowest BCUT2D eigenvalue weighted by molar-refractivity contribution is -0.139. The third kappa shape index (κ3) is 3.93. The second-order valence-electron chi connectivity index (χ2n) is 10.0. The van der Waals surface area contributed by atoms with E-state index >= 15 is 0 Å². The molecule has 1 spiro atoms. The van der Waals surface area contributed by atoms with Crippen LogP contribution < -0.4 is 16.6 Å². The number of nitrogens with one attached hydrogen (secondary N) is 2. The van der Waals surface area contributed by atoms with E-state index < -0.39 is 11.7 Å². The van der Waals surface area contributed by atoms with E-state index in [1.807, 2.05) is 0 Å². The first-order chi connectivity index (χ1) is 14.4. The van der Waals surface area contributed by atoms with Crippen molar-refractivity contribution < 1.29 is 9.59 Å². The Bertz CT molecular complexity index is 767. The van der Waals surface area contributed by atoms with Gasteiger partial charge in [-0.25, -0.2) is 0 Å². The zero-order valence-electron chi connectivity index (χ0n) is 18.3. The summed E-state index contributed by atoms with van der Waals surface area (Å²) in [7, 11) is 4.35. The maximum atomic E-state index is 12.6. The molecule has 6 heteroatoms. The van der Waals surface area contributed by atoms with E-state index in [0.717, 1.165) is 51.4 Å². The van der Waals surface area contributed by atoms with Gasteiger partial charge in [-0.2, -0.15) is 0 Å². The molecule has 1 saturated heterocycles. The molecule has 1 aromatic carbocycles. The molecular weight excluding hydrogens is 376 g/mol. The maximum absolute atomic E-state index is 12.6. The van der Waals surface area contributed by atoms with Crippen molar-refractivity contribution in [3.8, 4) is 0 Å². The number of primary amides is 1. The van der Waals surface area contributed by atoms with Crippen LogP contribution in [0.3, 0.4) is 0 Å². The molecule has 1 heterocycles. The van der Waals surface area contributed by atoms with E-state index in [9.17, 15) is 9.59 Å². The van der Waals surface area contributed by atoms with Gasteiger partial charge in [-0.1, -0.05) is 49.6 Å². The summed E-state index contributed by atoms with van der Waals surface area (Å²) in [6.45, 7) is 0. The molecule has 6 nitrogen and oxygen atoms in total. The van der Waals surface area contributed by atoms with Gasteiger partial charge in [-0.3, -0.25) is 25.3 Å². The third-order valence-electron chi connectivity index (χ3n) is 8.21. The molecule has 0 radical (unpaired) electrons. The summed E-state index contributed by atoms with van der Waals surface area (Å²) < 4.78 is 0. The first-order valence-corrected chi connectivity index (χ1v) is 11.4. The van der Waals surface area contributed by atoms with Crippen molar-refractivity contribution in [2.75, 3.05) is 14.1 Å². The molecule has 1 aromatic rings. The standard InChI is InChI=1S/C24H36N4O2/c1-28(2)24(18-9-4-3-5-10-18)13-11-23(12-14-24)16-20(26-27-23)19(21(29)22(25)30)15-17-7-6-8-17/h3-5,9-10,17,19-20,26-27H,6-8,11-16H2,1-2H3,(H2,25,30)/t19?,20-,23?,24?/m0/s1. The summed E-state index contributed by atoms with van der Waals surface area (Å²) in [5.41, 5.74) is 13.8. The minimum absolute atomic E-state index is 0.0191. The van der Waals surface area contributed by atoms with E-state index in [2.05, 4.69) is 60.2 Å². The van der Waals surface area contributed by atoms with E-state index in [0.29, 0.717) is 5.92 Å². The smallest absolute Gasteiger partial charge is 0.285 e. The number of Topliss-reactive ketones (excluding diaryl/α,β-unsaturated/α-hetero) is 1. The molecule has 2 saturated carbocycles. The Morgan fingerprint density at radius 1 is 1.13 bits per heavy atom. The van der Waals surface area contributed by atoms with Crippen molar-refractivity contribution in [1.82, 2.24) is 15.8 Å². The van der Waals surface area contributed by atoms with E-state index in [1.165, 1.54) is 12.0 Å². The Labute approximate surface area is 179 Å². The molecule has 2 atom stereocenters. The lowest BCUT2D eigenvalue weighted by Gasteiger charge is -2.49. The van der Waals surface area contributed by atoms with Crippen LogP contribution in [0.1, 0.15) is 63.4 Å². The average Bonchev–Trinajstić information content (AvgIpc) is 3.11. The first kappa shape index (κ1) is 21.5. The van der Waals surface area contributed by atoms with Crippen molar-refractivity contribution in [2.45, 2.75) is 74.9 Å². The second kappa shape index (κ2) is 8.40. The molecule has 30 heavy (non-hydrogen) atoms. The first-order valence-electron chi connectivity index (χ1n) is 11.4. The van der Waals surface area contributed by atoms with Gasteiger partial charge in [0, 0.05) is 23.0 Å². The van der Waals surface area contributed by atoms with Gasteiger partial charge >= 0.3 is 0 Å². The van der Waals surface area contributed by atoms with Crippen LogP contribution in [0.4, 0.5) is 0 Å². The molecule has 1 unspecified atom stereocenters. The van der Waals surface area contributed by atoms with Crippen LogP contribution in [-0.2, 0) is 15.1 Å². The molecule has 3 fully saturated rings. The quantitative estimate of drug-likeness (QED) is 0.599.